The van der Waals surface area contributed by atoms with Gasteiger partial charge in [0.05, 0.1) is 0 Å². The van der Waals surface area contributed by atoms with E-state index < -0.39 is 6.17 Å². The number of nitrogens with zero attached hydrogens (tertiary/aromatic N) is 2. The third-order valence-corrected chi connectivity index (χ3v) is 12.1. The fourth-order valence-corrected chi connectivity index (χ4v) is 9.69. The molecule has 0 atom stereocenters. The van der Waals surface area contributed by atoms with Gasteiger partial charge >= 0.3 is 0 Å². The minimum atomic E-state index is -0.392. The van der Waals surface area contributed by atoms with Crippen LogP contribution in [0.3, 0.4) is 0 Å². The van der Waals surface area contributed by atoms with Gasteiger partial charge in [0.25, 0.3) is 0 Å². The second-order valence-corrected chi connectivity index (χ2v) is 15.0. The molecular weight excluding hydrogens is 679 g/mol. The summed E-state index contributed by atoms with van der Waals surface area (Å²) in [6.07, 6.45) is 1.54. The van der Waals surface area contributed by atoms with Crippen molar-refractivity contribution < 1.29 is 4.42 Å². The van der Waals surface area contributed by atoms with E-state index in [0.29, 0.717) is 0 Å². The lowest BCUT2D eigenvalue weighted by Crippen LogP contribution is -2.35. The lowest BCUT2D eigenvalue weighted by Gasteiger charge is -2.22. The fourth-order valence-electron chi connectivity index (χ4n) is 8.32. The molecule has 256 valence electrons. The Kier molecular flexibility index (Phi) is 7.20. The number of aliphatic imine (C=N–C) groups is 2. The molecule has 7 aromatic carbocycles. The molecule has 0 fully saturated rings. The van der Waals surface area contributed by atoms with E-state index >= 15 is 0 Å². The van der Waals surface area contributed by atoms with Crippen LogP contribution in [0.15, 0.2) is 178 Å². The molecule has 11 rings (SSSR count). The predicted molar refractivity (Wildman–Crippen MR) is 225 cm³/mol. The van der Waals surface area contributed by atoms with Crippen LogP contribution in [0.5, 0.6) is 0 Å². The molecule has 0 amide bonds. The zero-order valence-electron chi connectivity index (χ0n) is 29.3. The summed E-state index contributed by atoms with van der Waals surface area (Å²) in [6.45, 7) is 0. The number of aryl methyl sites for hydroxylation is 2. The van der Waals surface area contributed by atoms with Crippen molar-refractivity contribution in [2.24, 2.45) is 9.98 Å². The largest absolute Gasteiger partial charge is 0.460 e. The second-order valence-electron chi connectivity index (χ2n) is 14.0. The Hall–Kier alpha value is -6.56. The van der Waals surface area contributed by atoms with E-state index in [4.69, 9.17) is 14.4 Å². The molecule has 3 heterocycles. The number of fused-ring (bicyclic) bond motifs is 8. The molecule has 0 bridgehead atoms. The minimum Gasteiger partial charge on any atom is -0.460 e. The van der Waals surface area contributed by atoms with Crippen molar-refractivity contribution in [1.82, 2.24) is 5.32 Å². The smallest absolute Gasteiger partial charge is 0.169 e. The number of rotatable bonds is 5. The molecule has 0 saturated carbocycles. The normalized spacial score (nSPS) is 14.1. The van der Waals surface area contributed by atoms with Crippen LogP contribution in [-0.2, 0) is 12.8 Å². The summed E-state index contributed by atoms with van der Waals surface area (Å²) in [6, 6.07) is 58.2. The fraction of sp³-hybridized carbons (Fsp3) is 0.0612. The topological polar surface area (TPSA) is 49.9 Å². The van der Waals surface area contributed by atoms with Crippen LogP contribution in [0.1, 0.15) is 34.2 Å². The van der Waals surface area contributed by atoms with Gasteiger partial charge in [0, 0.05) is 54.2 Å². The molecule has 1 aliphatic heterocycles. The van der Waals surface area contributed by atoms with E-state index in [2.05, 4.69) is 133 Å². The van der Waals surface area contributed by atoms with Gasteiger partial charge in [0.2, 0.25) is 0 Å². The van der Waals surface area contributed by atoms with Crippen molar-refractivity contribution in [3.05, 3.63) is 192 Å². The van der Waals surface area contributed by atoms with Crippen LogP contribution >= 0.6 is 11.3 Å². The molecule has 1 N–H and O–H groups in total. The molecule has 2 aliphatic rings. The Morgan fingerprint density at radius 2 is 1.11 bits per heavy atom. The number of nitrogens with one attached hydrogen (secondary N) is 1. The minimum absolute atomic E-state index is 0.392. The SMILES string of the molecule is c1ccc(C2=NC(c3cccc(-c4cccc5c4sc4c(-c6cccc7oc8c(c67)-c6ccccc6CC8)cccc45)c3)N=C(c3ccccc3)N2)cc1. The van der Waals surface area contributed by atoms with Crippen molar-refractivity contribution in [2.45, 2.75) is 19.0 Å². The number of amidine groups is 2. The van der Waals surface area contributed by atoms with Gasteiger partial charge in [0.1, 0.15) is 23.0 Å². The Morgan fingerprint density at radius 1 is 0.519 bits per heavy atom. The number of benzene rings is 7. The van der Waals surface area contributed by atoms with E-state index in [9.17, 15) is 0 Å². The van der Waals surface area contributed by atoms with Crippen LogP contribution in [0, 0.1) is 0 Å². The number of thiophene rings is 1. The van der Waals surface area contributed by atoms with Crippen molar-refractivity contribution >= 4 is 54.1 Å². The van der Waals surface area contributed by atoms with Gasteiger partial charge in [0.15, 0.2) is 6.17 Å². The number of furan rings is 1. The Morgan fingerprint density at radius 3 is 1.87 bits per heavy atom. The van der Waals surface area contributed by atoms with Crippen molar-refractivity contribution in [3.8, 4) is 33.4 Å². The van der Waals surface area contributed by atoms with E-state index in [1.54, 1.807) is 0 Å². The molecular formula is C49H33N3OS. The summed E-state index contributed by atoms with van der Waals surface area (Å²) < 4.78 is 9.12. The van der Waals surface area contributed by atoms with Crippen LogP contribution in [0.25, 0.3) is 64.5 Å². The zero-order valence-corrected chi connectivity index (χ0v) is 30.1. The maximum absolute atomic E-state index is 6.56. The highest BCUT2D eigenvalue weighted by atomic mass is 32.1. The summed E-state index contributed by atoms with van der Waals surface area (Å²) in [5.41, 5.74) is 12.8. The molecule has 5 heteroatoms. The first-order chi connectivity index (χ1) is 26.8. The van der Waals surface area contributed by atoms with Crippen molar-refractivity contribution in [2.75, 3.05) is 0 Å². The standard InChI is InChI=1S/C49H33N3OS/c1-3-14-31(15-4-1)47-50-48(32-16-5-2-6-17-32)52-49(51-47)34-19-9-18-33(29-34)36-21-10-24-39-40-25-11-23-38(46(40)54-45(36)39)37-22-12-26-41-44(37)43-35-20-8-7-13-30(35)27-28-42(43)53-41/h1-26,29,49H,27-28H2,(H,50,51,52). The third-order valence-electron chi connectivity index (χ3n) is 10.8. The summed E-state index contributed by atoms with van der Waals surface area (Å²) in [4.78, 5) is 10.3. The molecule has 0 saturated heterocycles. The Balaban J connectivity index is 1.05. The van der Waals surface area contributed by atoms with Gasteiger partial charge in [-0.3, -0.25) is 0 Å². The van der Waals surface area contributed by atoms with Gasteiger partial charge < -0.3 is 9.73 Å². The summed E-state index contributed by atoms with van der Waals surface area (Å²) in [5, 5.41) is 7.27. The molecule has 4 nitrogen and oxygen atoms in total. The first-order valence-corrected chi connectivity index (χ1v) is 19.3. The van der Waals surface area contributed by atoms with E-state index in [0.717, 1.165) is 58.1 Å². The second kappa shape index (κ2) is 12.5. The molecule has 1 aliphatic carbocycles. The zero-order chi connectivity index (χ0) is 35.6. The summed E-state index contributed by atoms with van der Waals surface area (Å²) >= 11 is 1.88. The first-order valence-electron chi connectivity index (χ1n) is 18.5. The Labute approximate surface area is 316 Å². The van der Waals surface area contributed by atoms with Crippen LogP contribution in [0.2, 0.25) is 0 Å². The number of hydrogen-bond acceptors (Lipinski definition) is 5. The average Bonchev–Trinajstić information content (AvgIpc) is 3.83. The van der Waals surface area contributed by atoms with Crippen molar-refractivity contribution in [1.29, 1.82) is 0 Å². The van der Waals surface area contributed by atoms with E-state index in [1.807, 2.05) is 47.7 Å². The van der Waals surface area contributed by atoms with Crippen LogP contribution in [-0.4, -0.2) is 11.7 Å². The van der Waals surface area contributed by atoms with Crippen LogP contribution < -0.4 is 5.32 Å². The maximum Gasteiger partial charge on any atom is 0.169 e. The van der Waals surface area contributed by atoms with E-state index in [1.165, 1.54) is 58.9 Å². The highest BCUT2D eigenvalue weighted by Crippen LogP contribution is 2.49. The van der Waals surface area contributed by atoms with Gasteiger partial charge in [-0.15, -0.1) is 11.3 Å². The quantitative estimate of drug-likeness (QED) is 0.193. The lowest BCUT2D eigenvalue weighted by molar-refractivity contribution is 0.546. The highest BCUT2D eigenvalue weighted by molar-refractivity contribution is 7.26. The van der Waals surface area contributed by atoms with Gasteiger partial charge in [-0.2, -0.15) is 0 Å². The van der Waals surface area contributed by atoms with Gasteiger partial charge in [-0.1, -0.05) is 152 Å². The number of hydrogen-bond donors (Lipinski definition) is 1. The molecule has 0 unspecified atom stereocenters. The lowest BCUT2D eigenvalue weighted by atomic mass is 9.86. The molecule has 9 aromatic rings. The van der Waals surface area contributed by atoms with E-state index in [-0.39, 0.29) is 0 Å². The van der Waals surface area contributed by atoms with Gasteiger partial charge in [-0.05, 0) is 51.9 Å². The average molecular weight is 712 g/mol. The third kappa shape index (κ3) is 5.04. The highest BCUT2D eigenvalue weighted by Gasteiger charge is 2.26. The van der Waals surface area contributed by atoms with Gasteiger partial charge in [-0.25, -0.2) is 9.98 Å². The molecule has 0 radical (unpaired) electrons. The molecule has 0 spiro atoms. The molecule has 2 aromatic heterocycles. The van der Waals surface area contributed by atoms with Crippen LogP contribution in [0.4, 0.5) is 0 Å². The summed E-state index contributed by atoms with van der Waals surface area (Å²) in [7, 11) is 0. The summed E-state index contributed by atoms with van der Waals surface area (Å²) in [5.74, 6) is 2.73. The monoisotopic (exact) mass is 711 g/mol. The predicted octanol–water partition coefficient (Wildman–Crippen LogP) is 12.4. The van der Waals surface area contributed by atoms with Crippen molar-refractivity contribution in [3.63, 3.8) is 0 Å². The molecule has 54 heavy (non-hydrogen) atoms. The maximum atomic E-state index is 6.56. The Bertz CT molecular complexity index is 2920. The first kappa shape index (κ1) is 31.0.